The quantitative estimate of drug-likeness (QED) is 0.275. The van der Waals surface area contributed by atoms with Gasteiger partial charge in [-0.1, -0.05) is 39.3 Å². The maximum Gasteiger partial charge on any atom is 0.186 e. The van der Waals surface area contributed by atoms with Gasteiger partial charge >= 0.3 is 0 Å². The highest BCUT2D eigenvalue weighted by atomic mass is 16.7. The first-order valence-corrected chi connectivity index (χ1v) is 16.5. The summed E-state index contributed by atoms with van der Waals surface area (Å²) in [4.78, 5) is 0. The SMILES string of the molecule is CC([C@H]1CC[C@H](C)CN1)[C@H]1[C@H](O)C[C@H]2[C@@H]3CC=C4CC(O[C@@H]5O[C@H](CO)[C@@H](O)[C@H](O)[C@H]5O)CC[C@]4(C)[C@H]3CC[C@@]21C. The molecule has 2 unspecified atom stereocenters. The Balaban J connectivity index is 1.15. The fraction of sp³-hybridized carbons (Fsp3) is 0.939. The molecule has 41 heavy (non-hydrogen) atoms. The first-order chi connectivity index (χ1) is 19.5. The molecule has 0 aromatic heterocycles. The van der Waals surface area contributed by atoms with E-state index < -0.39 is 37.3 Å². The van der Waals surface area contributed by atoms with Crippen molar-refractivity contribution in [2.24, 2.45) is 46.3 Å². The van der Waals surface area contributed by atoms with Gasteiger partial charge < -0.3 is 40.3 Å². The van der Waals surface area contributed by atoms with E-state index in [-0.39, 0.29) is 23.0 Å². The standard InChI is InChI=1S/C33H55NO7/c1-17-5-8-24(34-15-17)18(2)27-25(36)14-23-21-7-6-19-13-20(9-11-32(19,3)22(21)10-12-33(23,27)4)40-31-30(39)29(38)28(37)26(16-35)41-31/h6,17-18,20-31,34-39H,5,7-16H2,1-4H3/t17-,18?,20?,21+,22-,23-,24+,25+,26+,27-,28+,29-,30+,31+,32-,33-/m0/s1. The maximum absolute atomic E-state index is 11.6. The number of aliphatic hydroxyl groups excluding tert-OH is 5. The van der Waals surface area contributed by atoms with Crippen LogP contribution in [0.25, 0.3) is 0 Å². The summed E-state index contributed by atoms with van der Waals surface area (Å²) in [6, 6.07) is 0.508. The second-order valence-corrected chi connectivity index (χ2v) is 15.4. The van der Waals surface area contributed by atoms with E-state index in [0.717, 1.165) is 44.6 Å². The van der Waals surface area contributed by atoms with E-state index >= 15 is 0 Å². The van der Waals surface area contributed by atoms with E-state index in [0.29, 0.717) is 35.6 Å². The van der Waals surface area contributed by atoms with E-state index in [1.54, 1.807) is 0 Å². The lowest BCUT2D eigenvalue weighted by Crippen LogP contribution is -2.60. The molecule has 2 aliphatic heterocycles. The number of rotatable bonds is 5. The molecular formula is C33H55NO7. The molecule has 2 heterocycles. The van der Waals surface area contributed by atoms with Crippen molar-refractivity contribution in [2.75, 3.05) is 13.2 Å². The molecule has 16 atom stereocenters. The highest BCUT2D eigenvalue weighted by Crippen LogP contribution is 2.67. The van der Waals surface area contributed by atoms with Gasteiger partial charge in [-0.15, -0.1) is 0 Å². The monoisotopic (exact) mass is 577 g/mol. The largest absolute Gasteiger partial charge is 0.394 e. The lowest BCUT2D eigenvalue weighted by atomic mass is 9.47. The molecule has 5 fully saturated rings. The van der Waals surface area contributed by atoms with Crippen molar-refractivity contribution in [1.82, 2.24) is 5.32 Å². The predicted octanol–water partition coefficient (Wildman–Crippen LogP) is 2.75. The molecule has 8 nitrogen and oxygen atoms in total. The Bertz CT molecular complexity index is 967. The summed E-state index contributed by atoms with van der Waals surface area (Å²) >= 11 is 0. The summed E-state index contributed by atoms with van der Waals surface area (Å²) in [7, 11) is 0. The minimum absolute atomic E-state index is 0.106. The number of fused-ring (bicyclic) bond motifs is 5. The van der Waals surface area contributed by atoms with Crippen molar-refractivity contribution in [1.29, 1.82) is 0 Å². The number of hydrogen-bond acceptors (Lipinski definition) is 8. The van der Waals surface area contributed by atoms with E-state index in [1.165, 1.54) is 31.3 Å². The zero-order chi connectivity index (χ0) is 29.3. The van der Waals surface area contributed by atoms with Crippen molar-refractivity contribution in [3.8, 4) is 0 Å². The predicted molar refractivity (Wildman–Crippen MR) is 155 cm³/mol. The topological polar surface area (TPSA) is 132 Å². The molecule has 6 N–H and O–H groups in total. The molecule has 0 amide bonds. The number of allylic oxidation sites excluding steroid dienone is 1. The van der Waals surface area contributed by atoms with Crippen LogP contribution in [-0.4, -0.2) is 87.6 Å². The van der Waals surface area contributed by atoms with Crippen molar-refractivity contribution < 1.29 is 35.0 Å². The van der Waals surface area contributed by atoms with Crippen molar-refractivity contribution in [3.05, 3.63) is 11.6 Å². The van der Waals surface area contributed by atoms with Crippen LogP contribution in [0.15, 0.2) is 11.6 Å². The molecule has 3 saturated carbocycles. The summed E-state index contributed by atoms with van der Waals surface area (Å²) in [6.45, 7) is 10.3. The summed E-state index contributed by atoms with van der Waals surface area (Å²) < 4.78 is 11.8. The lowest BCUT2D eigenvalue weighted by molar-refractivity contribution is -0.313. The average Bonchev–Trinajstić information content (AvgIpc) is 3.23. The highest BCUT2D eigenvalue weighted by molar-refractivity contribution is 5.26. The van der Waals surface area contributed by atoms with Gasteiger partial charge in [0.25, 0.3) is 0 Å². The van der Waals surface area contributed by atoms with Crippen LogP contribution in [0.4, 0.5) is 0 Å². The smallest absolute Gasteiger partial charge is 0.186 e. The Labute approximate surface area is 245 Å². The van der Waals surface area contributed by atoms with Crippen LogP contribution < -0.4 is 5.32 Å². The van der Waals surface area contributed by atoms with Gasteiger partial charge in [0.1, 0.15) is 24.4 Å². The van der Waals surface area contributed by atoms with Gasteiger partial charge in [-0.05, 0) is 111 Å². The second-order valence-electron chi connectivity index (χ2n) is 15.4. The molecule has 0 aromatic rings. The van der Waals surface area contributed by atoms with E-state index in [2.05, 4.69) is 39.1 Å². The third kappa shape index (κ3) is 5.06. The van der Waals surface area contributed by atoms with Crippen LogP contribution in [0.1, 0.15) is 85.5 Å². The van der Waals surface area contributed by atoms with Gasteiger partial charge in [-0.2, -0.15) is 0 Å². The molecule has 2 saturated heterocycles. The molecule has 6 aliphatic rings. The number of piperidine rings is 1. The highest BCUT2D eigenvalue weighted by Gasteiger charge is 2.62. The number of nitrogens with one attached hydrogen (secondary N) is 1. The van der Waals surface area contributed by atoms with Crippen LogP contribution in [0.5, 0.6) is 0 Å². The molecule has 0 aromatic carbocycles. The van der Waals surface area contributed by atoms with Crippen LogP contribution in [-0.2, 0) is 9.47 Å². The first-order valence-electron chi connectivity index (χ1n) is 16.5. The summed E-state index contributed by atoms with van der Waals surface area (Å²) in [6.07, 6.45) is 5.37. The summed E-state index contributed by atoms with van der Waals surface area (Å²) in [5, 5.41) is 55.8. The zero-order valence-electron chi connectivity index (χ0n) is 25.5. The summed E-state index contributed by atoms with van der Waals surface area (Å²) in [5.41, 5.74) is 1.72. The molecule has 0 radical (unpaired) electrons. The third-order valence-corrected chi connectivity index (χ3v) is 13.2. The third-order valence-electron chi connectivity index (χ3n) is 13.2. The van der Waals surface area contributed by atoms with Crippen molar-refractivity contribution in [3.63, 3.8) is 0 Å². The van der Waals surface area contributed by atoms with Crippen LogP contribution in [0.3, 0.4) is 0 Å². The van der Waals surface area contributed by atoms with Crippen LogP contribution in [0.2, 0.25) is 0 Å². The Kier molecular flexibility index (Phi) is 8.47. The van der Waals surface area contributed by atoms with Crippen molar-refractivity contribution >= 4 is 0 Å². The maximum atomic E-state index is 11.6. The van der Waals surface area contributed by atoms with E-state index in [1.807, 2.05) is 0 Å². The van der Waals surface area contributed by atoms with E-state index in [9.17, 15) is 25.5 Å². The van der Waals surface area contributed by atoms with E-state index in [4.69, 9.17) is 9.47 Å². The molecule has 0 spiro atoms. The normalized spacial score (nSPS) is 54.5. The Morgan fingerprint density at radius 3 is 2.51 bits per heavy atom. The van der Waals surface area contributed by atoms with Gasteiger partial charge in [-0.3, -0.25) is 0 Å². The summed E-state index contributed by atoms with van der Waals surface area (Å²) in [5.74, 6) is 3.31. The fourth-order valence-corrected chi connectivity index (χ4v) is 10.8. The Morgan fingerprint density at radius 2 is 1.80 bits per heavy atom. The lowest BCUT2D eigenvalue weighted by Gasteiger charge is -2.58. The zero-order valence-corrected chi connectivity index (χ0v) is 25.5. The number of aliphatic hydroxyl groups is 5. The van der Waals surface area contributed by atoms with Crippen LogP contribution in [0, 0.1) is 46.3 Å². The molecule has 8 heteroatoms. The second kappa shape index (κ2) is 11.4. The minimum atomic E-state index is -1.42. The average molecular weight is 578 g/mol. The molecular weight excluding hydrogens is 522 g/mol. The first kappa shape index (κ1) is 30.4. The fourth-order valence-electron chi connectivity index (χ4n) is 10.8. The van der Waals surface area contributed by atoms with Gasteiger partial charge in [0.2, 0.25) is 0 Å². The van der Waals surface area contributed by atoms with Gasteiger partial charge in [0, 0.05) is 6.04 Å². The van der Waals surface area contributed by atoms with Crippen molar-refractivity contribution in [2.45, 2.75) is 134 Å². The minimum Gasteiger partial charge on any atom is -0.394 e. The Morgan fingerprint density at radius 1 is 1.02 bits per heavy atom. The number of ether oxygens (including phenoxy) is 2. The Hall–Kier alpha value is -0.580. The van der Waals surface area contributed by atoms with Gasteiger partial charge in [0.05, 0.1) is 18.8 Å². The van der Waals surface area contributed by atoms with Crippen LogP contribution >= 0.6 is 0 Å². The number of hydrogen-bond donors (Lipinski definition) is 6. The van der Waals surface area contributed by atoms with Gasteiger partial charge in [-0.25, -0.2) is 0 Å². The molecule has 0 bridgehead atoms. The molecule has 4 aliphatic carbocycles. The molecule has 234 valence electrons. The van der Waals surface area contributed by atoms with Gasteiger partial charge in [0.15, 0.2) is 6.29 Å². The molecule has 6 rings (SSSR count).